The number of carbonyl (C=O) groups is 1. The van der Waals surface area contributed by atoms with E-state index in [-0.39, 0.29) is 24.7 Å². The third-order valence-corrected chi connectivity index (χ3v) is 3.75. The molecule has 3 N–H and O–H groups in total. The Hall–Kier alpha value is -2.03. The fourth-order valence-electron chi connectivity index (χ4n) is 2.16. The summed E-state index contributed by atoms with van der Waals surface area (Å²) in [4.78, 5) is 16.1. The van der Waals surface area contributed by atoms with Crippen molar-refractivity contribution < 1.29 is 18.8 Å². The van der Waals surface area contributed by atoms with Gasteiger partial charge in [-0.2, -0.15) is 4.98 Å². The zero-order valence-electron chi connectivity index (χ0n) is 15.7. The van der Waals surface area contributed by atoms with Crippen molar-refractivity contribution in [1.29, 1.82) is 0 Å². The first kappa shape index (κ1) is 23.0. The highest BCUT2D eigenvalue weighted by atomic mass is 35.5. The van der Waals surface area contributed by atoms with Crippen molar-refractivity contribution in [2.75, 3.05) is 20.8 Å². The molecule has 0 fully saturated rings. The predicted molar refractivity (Wildman–Crippen MR) is 105 cm³/mol. The molecule has 0 spiro atoms. The maximum absolute atomic E-state index is 11.8. The molecule has 1 aromatic heterocycles. The van der Waals surface area contributed by atoms with Crippen LogP contribution in [0.25, 0.3) is 11.4 Å². The number of benzene rings is 1. The lowest BCUT2D eigenvalue weighted by Gasteiger charge is -2.18. The normalized spacial score (nSPS) is 10.9. The summed E-state index contributed by atoms with van der Waals surface area (Å²) in [6.45, 7) is 4.07. The van der Waals surface area contributed by atoms with E-state index in [1.165, 1.54) is 14.2 Å². The molecule has 0 unspecified atom stereocenters. The highest BCUT2D eigenvalue weighted by Crippen LogP contribution is 2.38. The van der Waals surface area contributed by atoms with Gasteiger partial charge in [0.05, 0.1) is 19.2 Å². The molecule has 2 rings (SSSR count). The number of hydrogen-bond acceptors (Lipinski definition) is 7. The fourth-order valence-corrected chi connectivity index (χ4v) is 2.44. The van der Waals surface area contributed by atoms with Gasteiger partial charge >= 0.3 is 0 Å². The van der Waals surface area contributed by atoms with E-state index in [0.29, 0.717) is 46.8 Å². The van der Waals surface area contributed by atoms with Crippen LogP contribution in [0.2, 0.25) is 5.02 Å². The quantitative estimate of drug-likeness (QED) is 0.676. The molecule has 0 bridgehead atoms. The second-order valence-corrected chi connectivity index (χ2v) is 6.88. The first-order chi connectivity index (χ1) is 12.2. The lowest BCUT2D eigenvalue weighted by molar-refractivity contribution is -0.121. The third kappa shape index (κ3) is 6.57. The standard InChI is InChI=1S/C17H23ClN4O4.ClH/c1-17(2,19)9-20-13(23)5-6-14-21-16(22-26-14)10-7-11(18)15(25-4)12(8-10)24-3;/h7-8H,5-6,9,19H2,1-4H3,(H,20,23);1H. The number of amides is 1. The van der Waals surface area contributed by atoms with Crippen LogP contribution < -0.4 is 20.5 Å². The smallest absolute Gasteiger partial charge is 0.227 e. The molecule has 0 aliphatic rings. The summed E-state index contributed by atoms with van der Waals surface area (Å²) in [5.41, 5.74) is 5.99. The van der Waals surface area contributed by atoms with Crippen LogP contribution >= 0.6 is 24.0 Å². The van der Waals surface area contributed by atoms with Crippen molar-refractivity contribution in [3.8, 4) is 22.9 Å². The molecule has 0 saturated carbocycles. The van der Waals surface area contributed by atoms with E-state index < -0.39 is 5.54 Å². The number of halogens is 2. The summed E-state index contributed by atoms with van der Waals surface area (Å²) in [6, 6.07) is 3.36. The van der Waals surface area contributed by atoms with Crippen molar-refractivity contribution in [2.45, 2.75) is 32.2 Å². The molecule has 27 heavy (non-hydrogen) atoms. The SMILES string of the molecule is COc1cc(-c2noc(CCC(=O)NCC(C)(C)N)n2)cc(Cl)c1OC.Cl. The second-order valence-electron chi connectivity index (χ2n) is 6.47. The average Bonchev–Trinajstić information content (AvgIpc) is 3.05. The topological polar surface area (TPSA) is 112 Å². The van der Waals surface area contributed by atoms with Gasteiger partial charge in [0.25, 0.3) is 0 Å². The highest BCUT2D eigenvalue weighted by Gasteiger charge is 2.17. The fraction of sp³-hybridized carbons (Fsp3) is 0.471. The van der Waals surface area contributed by atoms with Gasteiger partial charge < -0.3 is 25.0 Å². The van der Waals surface area contributed by atoms with E-state index in [1.54, 1.807) is 12.1 Å². The Morgan fingerprint density at radius 1 is 1.33 bits per heavy atom. The maximum atomic E-state index is 11.8. The summed E-state index contributed by atoms with van der Waals surface area (Å²) in [5, 5.41) is 7.07. The molecule has 8 nitrogen and oxygen atoms in total. The Kier molecular flexibility index (Phi) is 8.33. The largest absolute Gasteiger partial charge is 0.493 e. The molecular formula is C17H24Cl2N4O4. The monoisotopic (exact) mass is 418 g/mol. The summed E-state index contributed by atoms with van der Waals surface area (Å²) >= 11 is 6.19. The van der Waals surface area contributed by atoms with Gasteiger partial charge in [-0.05, 0) is 26.0 Å². The van der Waals surface area contributed by atoms with Gasteiger partial charge in [0, 0.05) is 30.5 Å². The maximum Gasteiger partial charge on any atom is 0.227 e. The van der Waals surface area contributed by atoms with Crippen molar-refractivity contribution in [1.82, 2.24) is 15.5 Å². The van der Waals surface area contributed by atoms with Gasteiger partial charge in [-0.25, -0.2) is 0 Å². The van der Waals surface area contributed by atoms with Crippen molar-refractivity contribution >= 4 is 29.9 Å². The van der Waals surface area contributed by atoms with Gasteiger partial charge in [0.15, 0.2) is 11.5 Å². The van der Waals surface area contributed by atoms with Crippen LogP contribution in [0.15, 0.2) is 16.7 Å². The van der Waals surface area contributed by atoms with Gasteiger partial charge in [-0.15, -0.1) is 12.4 Å². The summed E-state index contributed by atoms with van der Waals surface area (Å²) in [6.07, 6.45) is 0.551. The molecule has 10 heteroatoms. The Labute approximate surface area is 169 Å². The molecular weight excluding hydrogens is 395 g/mol. The lowest BCUT2D eigenvalue weighted by Crippen LogP contribution is -2.45. The molecule has 2 aromatic rings. The molecule has 0 atom stereocenters. The van der Waals surface area contributed by atoms with Crippen molar-refractivity contribution in [3.63, 3.8) is 0 Å². The molecule has 0 aliphatic heterocycles. The van der Waals surface area contributed by atoms with Crippen LogP contribution in [-0.2, 0) is 11.2 Å². The Morgan fingerprint density at radius 3 is 2.63 bits per heavy atom. The number of ether oxygens (including phenoxy) is 2. The Morgan fingerprint density at radius 2 is 2.04 bits per heavy atom. The van der Waals surface area contributed by atoms with E-state index in [4.69, 9.17) is 31.3 Å². The van der Waals surface area contributed by atoms with Crippen molar-refractivity contribution in [3.05, 3.63) is 23.0 Å². The van der Waals surface area contributed by atoms with Crippen LogP contribution in [-0.4, -0.2) is 42.4 Å². The second kappa shape index (κ2) is 9.77. The first-order valence-corrected chi connectivity index (χ1v) is 8.41. The minimum atomic E-state index is -0.458. The summed E-state index contributed by atoms with van der Waals surface area (Å²) < 4.78 is 15.7. The number of nitrogens with two attached hydrogens (primary N) is 1. The van der Waals surface area contributed by atoms with E-state index in [9.17, 15) is 4.79 Å². The van der Waals surface area contributed by atoms with Crippen LogP contribution in [0.4, 0.5) is 0 Å². The minimum Gasteiger partial charge on any atom is -0.493 e. The number of rotatable bonds is 8. The Bertz CT molecular complexity index is 775. The molecule has 0 aliphatic carbocycles. The number of nitrogens with zero attached hydrogens (tertiary/aromatic N) is 2. The summed E-state index contributed by atoms with van der Waals surface area (Å²) in [7, 11) is 3.02. The molecule has 1 aromatic carbocycles. The lowest BCUT2D eigenvalue weighted by atomic mass is 10.1. The van der Waals surface area contributed by atoms with Gasteiger partial charge in [-0.3, -0.25) is 4.79 Å². The van der Waals surface area contributed by atoms with E-state index >= 15 is 0 Å². The zero-order chi connectivity index (χ0) is 19.3. The van der Waals surface area contributed by atoms with E-state index in [2.05, 4.69) is 15.5 Å². The highest BCUT2D eigenvalue weighted by molar-refractivity contribution is 6.32. The number of methoxy groups -OCH3 is 2. The molecule has 1 amide bonds. The number of nitrogens with one attached hydrogen (secondary N) is 1. The third-order valence-electron chi connectivity index (χ3n) is 3.47. The molecule has 0 saturated heterocycles. The summed E-state index contributed by atoms with van der Waals surface area (Å²) in [5.74, 6) is 1.48. The van der Waals surface area contributed by atoms with E-state index in [1.807, 2.05) is 13.8 Å². The molecule has 0 radical (unpaired) electrons. The van der Waals surface area contributed by atoms with Crippen LogP contribution in [0.1, 0.15) is 26.2 Å². The Balaban J connectivity index is 0.00000364. The van der Waals surface area contributed by atoms with Crippen molar-refractivity contribution in [2.24, 2.45) is 5.73 Å². The molecule has 150 valence electrons. The zero-order valence-corrected chi connectivity index (χ0v) is 17.2. The van der Waals surface area contributed by atoms with Crippen LogP contribution in [0.3, 0.4) is 0 Å². The van der Waals surface area contributed by atoms with Gasteiger partial charge in [0.1, 0.15) is 0 Å². The predicted octanol–water partition coefficient (Wildman–Crippen LogP) is 2.62. The number of carbonyl (C=O) groups excluding carboxylic acids is 1. The van der Waals surface area contributed by atoms with E-state index in [0.717, 1.165) is 0 Å². The number of aromatic nitrogens is 2. The minimum absolute atomic E-state index is 0. The molecule has 1 heterocycles. The average molecular weight is 419 g/mol. The van der Waals surface area contributed by atoms with Gasteiger partial charge in [-0.1, -0.05) is 16.8 Å². The number of aryl methyl sites for hydroxylation is 1. The number of hydrogen-bond donors (Lipinski definition) is 2. The van der Waals surface area contributed by atoms with Crippen LogP contribution in [0, 0.1) is 0 Å². The van der Waals surface area contributed by atoms with Crippen LogP contribution in [0.5, 0.6) is 11.5 Å². The first-order valence-electron chi connectivity index (χ1n) is 8.03. The van der Waals surface area contributed by atoms with Gasteiger partial charge in [0.2, 0.25) is 17.6 Å².